The van der Waals surface area contributed by atoms with Crippen LogP contribution in [-0.4, -0.2) is 25.8 Å². The molecule has 0 fully saturated rings. The highest BCUT2D eigenvalue weighted by atomic mass is 32.1. The summed E-state index contributed by atoms with van der Waals surface area (Å²) in [6.45, 7) is 3.85. The first-order valence-corrected chi connectivity index (χ1v) is 5.64. The second-order valence-corrected chi connectivity index (χ2v) is 4.37. The summed E-state index contributed by atoms with van der Waals surface area (Å²) in [4.78, 5) is 14.8. The molecule has 0 bridgehead atoms. The number of carbonyl (C=O) groups is 1. The number of aromatic nitrogens is 3. The van der Waals surface area contributed by atoms with Crippen LogP contribution in [0, 0.1) is 13.8 Å². The van der Waals surface area contributed by atoms with Crippen LogP contribution in [0.1, 0.15) is 17.1 Å². The van der Waals surface area contributed by atoms with E-state index in [4.69, 9.17) is 5.11 Å². The molecule has 0 aromatic carbocycles. The van der Waals surface area contributed by atoms with Crippen molar-refractivity contribution in [3.63, 3.8) is 0 Å². The number of nitrogens with zero attached hydrogens (tertiary/aromatic N) is 3. The van der Waals surface area contributed by atoms with Crippen LogP contribution in [0.15, 0.2) is 11.4 Å². The van der Waals surface area contributed by atoms with E-state index in [1.54, 1.807) is 10.1 Å². The van der Waals surface area contributed by atoms with Gasteiger partial charge >= 0.3 is 5.97 Å². The Morgan fingerprint density at radius 3 is 2.88 bits per heavy atom. The van der Waals surface area contributed by atoms with Gasteiger partial charge in [-0.2, -0.15) is 5.10 Å². The molecule has 6 heteroatoms. The van der Waals surface area contributed by atoms with Crippen molar-refractivity contribution in [2.45, 2.75) is 20.3 Å². The maximum absolute atomic E-state index is 10.5. The first-order valence-electron chi connectivity index (χ1n) is 4.76. The molecule has 1 N–H and O–H groups in total. The Hall–Kier alpha value is -1.69. The molecule has 2 aromatic rings. The average Bonchev–Trinajstić information content (AvgIpc) is 2.72. The monoisotopic (exact) mass is 237 g/mol. The number of carboxylic acids is 1. The van der Waals surface area contributed by atoms with Gasteiger partial charge in [-0.25, -0.2) is 9.67 Å². The molecule has 0 unspecified atom stereocenters. The first kappa shape index (κ1) is 10.8. The zero-order valence-electron chi connectivity index (χ0n) is 8.97. The van der Waals surface area contributed by atoms with Crippen LogP contribution in [0.2, 0.25) is 0 Å². The third-order valence-electron chi connectivity index (χ3n) is 2.06. The fraction of sp³-hybridized carbons (Fsp3) is 0.300. The van der Waals surface area contributed by atoms with E-state index >= 15 is 0 Å². The normalized spacial score (nSPS) is 10.6. The fourth-order valence-corrected chi connectivity index (χ4v) is 2.28. The topological polar surface area (TPSA) is 68.0 Å². The first-order chi connectivity index (χ1) is 7.56. The van der Waals surface area contributed by atoms with Gasteiger partial charge in [0.15, 0.2) is 0 Å². The van der Waals surface area contributed by atoms with Gasteiger partial charge in [0.1, 0.15) is 0 Å². The van der Waals surface area contributed by atoms with E-state index in [1.807, 2.05) is 19.9 Å². The summed E-state index contributed by atoms with van der Waals surface area (Å²) in [6.07, 6.45) is -0.0458. The Morgan fingerprint density at radius 2 is 2.31 bits per heavy atom. The number of carboxylic acid groups (broad SMARTS) is 1. The summed E-state index contributed by atoms with van der Waals surface area (Å²) in [6, 6.07) is 1.96. The minimum absolute atomic E-state index is 0.0458. The van der Waals surface area contributed by atoms with Gasteiger partial charge in [0.25, 0.3) is 0 Å². The molecule has 5 nitrogen and oxygen atoms in total. The molecule has 2 rings (SSSR count). The van der Waals surface area contributed by atoms with E-state index < -0.39 is 5.97 Å². The Bertz CT molecular complexity index is 530. The predicted molar refractivity (Wildman–Crippen MR) is 60.0 cm³/mol. The van der Waals surface area contributed by atoms with Crippen molar-refractivity contribution in [1.29, 1.82) is 0 Å². The van der Waals surface area contributed by atoms with Gasteiger partial charge in [0, 0.05) is 11.1 Å². The quantitative estimate of drug-likeness (QED) is 0.879. The van der Waals surface area contributed by atoms with Crippen LogP contribution in [0.4, 0.5) is 0 Å². The summed E-state index contributed by atoms with van der Waals surface area (Å²) in [5, 5.41) is 15.4. The maximum Gasteiger partial charge on any atom is 0.309 e. The molecule has 2 heterocycles. The fourth-order valence-electron chi connectivity index (χ4n) is 1.45. The highest BCUT2D eigenvalue weighted by Crippen LogP contribution is 2.17. The third kappa shape index (κ3) is 2.11. The number of aliphatic carboxylic acids is 1. The van der Waals surface area contributed by atoms with E-state index in [0.29, 0.717) is 10.8 Å². The van der Waals surface area contributed by atoms with E-state index in [2.05, 4.69) is 10.1 Å². The van der Waals surface area contributed by atoms with Crippen molar-refractivity contribution in [2.75, 3.05) is 0 Å². The molecule has 0 atom stereocenters. The lowest BCUT2D eigenvalue weighted by Gasteiger charge is -1.97. The molecule has 16 heavy (non-hydrogen) atoms. The minimum Gasteiger partial charge on any atom is -0.481 e. The number of rotatable bonds is 3. The van der Waals surface area contributed by atoms with Gasteiger partial charge < -0.3 is 5.11 Å². The Balaban J connectivity index is 2.31. The molecule has 84 valence electrons. The molecule has 0 aliphatic heterocycles. The molecule has 0 saturated heterocycles. The van der Waals surface area contributed by atoms with Crippen molar-refractivity contribution in [2.24, 2.45) is 0 Å². The largest absolute Gasteiger partial charge is 0.481 e. The number of aryl methyl sites for hydroxylation is 2. The van der Waals surface area contributed by atoms with Crippen molar-refractivity contribution >= 4 is 17.3 Å². The summed E-state index contributed by atoms with van der Waals surface area (Å²) in [5.74, 6) is -0.870. The van der Waals surface area contributed by atoms with Crippen LogP contribution >= 0.6 is 11.3 Å². The van der Waals surface area contributed by atoms with Crippen molar-refractivity contribution in [1.82, 2.24) is 14.8 Å². The second kappa shape index (κ2) is 4.05. The number of hydrogen-bond acceptors (Lipinski definition) is 4. The summed E-state index contributed by atoms with van der Waals surface area (Å²) in [5.41, 5.74) is 2.49. The molecule has 0 radical (unpaired) electrons. The van der Waals surface area contributed by atoms with Gasteiger partial charge in [-0.15, -0.1) is 11.3 Å². The maximum atomic E-state index is 10.5. The lowest BCUT2D eigenvalue weighted by Crippen LogP contribution is -2.02. The second-order valence-electron chi connectivity index (χ2n) is 3.53. The summed E-state index contributed by atoms with van der Waals surface area (Å²) >= 11 is 1.40. The third-order valence-corrected chi connectivity index (χ3v) is 2.93. The predicted octanol–water partition coefficient (Wildman–Crippen LogP) is 1.57. The smallest absolute Gasteiger partial charge is 0.309 e. The Morgan fingerprint density at radius 1 is 1.56 bits per heavy atom. The molecular weight excluding hydrogens is 226 g/mol. The highest BCUT2D eigenvalue weighted by Gasteiger charge is 2.10. The van der Waals surface area contributed by atoms with E-state index in [-0.39, 0.29) is 6.42 Å². The van der Waals surface area contributed by atoms with Gasteiger partial charge in [0.2, 0.25) is 5.13 Å². The van der Waals surface area contributed by atoms with Gasteiger partial charge in [-0.05, 0) is 19.9 Å². The molecule has 0 aliphatic carbocycles. The zero-order valence-corrected chi connectivity index (χ0v) is 9.78. The van der Waals surface area contributed by atoms with Gasteiger partial charge in [0.05, 0.1) is 17.8 Å². The highest BCUT2D eigenvalue weighted by molar-refractivity contribution is 7.12. The van der Waals surface area contributed by atoms with Crippen molar-refractivity contribution in [3.8, 4) is 5.13 Å². The lowest BCUT2D eigenvalue weighted by molar-refractivity contribution is -0.136. The average molecular weight is 237 g/mol. The summed E-state index contributed by atoms with van der Waals surface area (Å²) < 4.78 is 1.73. The molecule has 2 aromatic heterocycles. The zero-order chi connectivity index (χ0) is 11.7. The van der Waals surface area contributed by atoms with Crippen LogP contribution in [0.5, 0.6) is 0 Å². The Labute approximate surface area is 96.4 Å². The molecule has 0 saturated carbocycles. The van der Waals surface area contributed by atoms with Gasteiger partial charge in [-0.1, -0.05) is 0 Å². The molecule has 0 aliphatic rings. The van der Waals surface area contributed by atoms with E-state index in [9.17, 15) is 4.79 Å². The number of thiazole rings is 1. The SMILES string of the molecule is Cc1cc(C)n(-c2nc(CC(=O)O)cs2)n1. The van der Waals surface area contributed by atoms with Crippen LogP contribution < -0.4 is 0 Å². The van der Waals surface area contributed by atoms with Crippen LogP contribution in [0.3, 0.4) is 0 Å². The van der Waals surface area contributed by atoms with Crippen molar-refractivity contribution in [3.05, 3.63) is 28.5 Å². The molecular formula is C10H11N3O2S. The van der Waals surface area contributed by atoms with Gasteiger partial charge in [-0.3, -0.25) is 4.79 Å². The van der Waals surface area contributed by atoms with Crippen LogP contribution in [0.25, 0.3) is 5.13 Å². The van der Waals surface area contributed by atoms with Crippen LogP contribution in [-0.2, 0) is 11.2 Å². The lowest BCUT2D eigenvalue weighted by atomic mass is 10.3. The Kier molecular flexibility index (Phi) is 2.74. The molecule has 0 amide bonds. The molecule has 0 spiro atoms. The van der Waals surface area contributed by atoms with E-state index in [1.165, 1.54) is 11.3 Å². The van der Waals surface area contributed by atoms with Crippen molar-refractivity contribution < 1.29 is 9.90 Å². The van der Waals surface area contributed by atoms with E-state index in [0.717, 1.165) is 11.4 Å². The summed E-state index contributed by atoms with van der Waals surface area (Å²) in [7, 11) is 0. The standard InChI is InChI=1S/C10H11N3O2S/c1-6-3-7(2)13(12-6)10-11-8(5-16-10)4-9(14)15/h3,5H,4H2,1-2H3,(H,14,15). The number of hydrogen-bond donors (Lipinski definition) is 1. The minimum atomic E-state index is -0.870.